The van der Waals surface area contributed by atoms with Gasteiger partial charge in [0.25, 0.3) is 0 Å². The number of hydrogen-bond acceptors (Lipinski definition) is 8. The molecule has 0 fully saturated rings. The average Bonchev–Trinajstić information content (AvgIpc) is 2.69. The molecule has 1 rings (SSSR count). The third-order valence-electron chi connectivity index (χ3n) is 3.55. The number of aliphatic hydroxyl groups excluding tert-OH is 2. The first-order valence-corrected chi connectivity index (χ1v) is 10.1. The average molecular weight is 528 g/mol. The summed E-state index contributed by atoms with van der Waals surface area (Å²) in [6.07, 6.45) is -0.879. The fourth-order valence-electron chi connectivity index (χ4n) is 1.94. The number of aliphatic hydroxyl groups is 2. The molecule has 2 atom stereocenters. The molecule has 0 amide bonds. The van der Waals surface area contributed by atoms with Crippen LogP contribution in [0.3, 0.4) is 0 Å². The van der Waals surface area contributed by atoms with Crippen molar-refractivity contribution in [2.45, 2.75) is 25.6 Å². The molecule has 158 valence electrons. The number of halogens is 2. The number of carbonyl (C=O) groups excluding carboxylic acids is 2. The fraction of sp³-hybridized carbons (Fsp3) is 0.556. The van der Waals surface area contributed by atoms with Gasteiger partial charge in [-0.25, -0.2) is 9.59 Å². The largest absolute Gasteiger partial charge is 0.465 e. The van der Waals surface area contributed by atoms with Gasteiger partial charge in [0.2, 0.25) is 0 Å². The maximum atomic E-state index is 12.2. The van der Waals surface area contributed by atoms with Gasteiger partial charge in [-0.05, 0) is 50.4 Å². The molecule has 0 saturated carbocycles. The van der Waals surface area contributed by atoms with E-state index in [-0.39, 0.29) is 44.2 Å². The summed E-state index contributed by atoms with van der Waals surface area (Å²) >= 11 is 6.43. The van der Waals surface area contributed by atoms with Gasteiger partial charge in [0.05, 0.1) is 50.8 Å². The number of ether oxygens (including phenoxy) is 4. The van der Waals surface area contributed by atoms with Crippen LogP contribution in [0.4, 0.5) is 0 Å². The highest BCUT2D eigenvalue weighted by Gasteiger charge is 2.19. The van der Waals surface area contributed by atoms with Crippen LogP contribution in [0.5, 0.6) is 0 Å². The molecule has 2 N–H and O–H groups in total. The van der Waals surface area contributed by atoms with Crippen LogP contribution < -0.4 is 0 Å². The van der Waals surface area contributed by atoms with Crippen LogP contribution in [0.2, 0.25) is 0 Å². The van der Waals surface area contributed by atoms with E-state index in [4.69, 9.17) is 14.2 Å². The third kappa shape index (κ3) is 8.54. The van der Waals surface area contributed by atoms with Crippen molar-refractivity contribution in [3.05, 3.63) is 32.2 Å². The van der Waals surface area contributed by atoms with E-state index in [1.165, 1.54) is 19.2 Å². The Balaban J connectivity index is 2.39. The van der Waals surface area contributed by atoms with Gasteiger partial charge < -0.3 is 29.2 Å². The number of rotatable bonds is 12. The van der Waals surface area contributed by atoms with Gasteiger partial charge in [-0.1, -0.05) is 6.92 Å². The van der Waals surface area contributed by atoms with Crippen molar-refractivity contribution in [1.82, 2.24) is 0 Å². The van der Waals surface area contributed by atoms with Crippen LogP contribution in [0.15, 0.2) is 21.1 Å². The van der Waals surface area contributed by atoms with Crippen LogP contribution in [0, 0.1) is 0 Å². The quantitative estimate of drug-likeness (QED) is 0.314. The Morgan fingerprint density at radius 2 is 1.43 bits per heavy atom. The summed E-state index contributed by atoms with van der Waals surface area (Å²) in [7, 11) is 1.26. The Bertz CT molecular complexity index is 653. The van der Waals surface area contributed by atoms with Crippen molar-refractivity contribution < 1.29 is 38.7 Å². The van der Waals surface area contributed by atoms with Crippen molar-refractivity contribution in [2.75, 3.05) is 40.1 Å². The molecule has 0 bridgehead atoms. The highest BCUT2D eigenvalue weighted by atomic mass is 79.9. The van der Waals surface area contributed by atoms with Crippen LogP contribution in [-0.4, -0.2) is 74.5 Å². The van der Waals surface area contributed by atoms with E-state index in [0.717, 1.165) is 0 Å². The minimum Gasteiger partial charge on any atom is -0.465 e. The van der Waals surface area contributed by atoms with Gasteiger partial charge in [0, 0.05) is 8.95 Å². The Morgan fingerprint density at radius 3 is 1.93 bits per heavy atom. The number of methoxy groups -OCH3 is 1. The van der Waals surface area contributed by atoms with Crippen LogP contribution in [0.25, 0.3) is 0 Å². The molecule has 8 nitrogen and oxygen atoms in total. The molecule has 10 heteroatoms. The van der Waals surface area contributed by atoms with Crippen LogP contribution in [-0.2, 0) is 18.9 Å². The lowest BCUT2D eigenvalue weighted by molar-refractivity contribution is -0.0337. The van der Waals surface area contributed by atoms with Gasteiger partial charge in [-0.15, -0.1) is 0 Å². The van der Waals surface area contributed by atoms with E-state index in [1.807, 2.05) is 6.92 Å². The van der Waals surface area contributed by atoms with Crippen molar-refractivity contribution in [2.24, 2.45) is 0 Å². The summed E-state index contributed by atoms with van der Waals surface area (Å²) < 4.78 is 20.9. The van der Waals surface area contributed by atoms with Gasteiger partial charge >= 0.3 is 11.9 Å². The second kappa shape index (κ2) is 13.2. The van der Waals surface area contributed by atoms with Gasteiger partial charge in [0.15, 0.2) is 0 Å². The molecule has 2 unspecified atom stereocenters. The number of carbonyl (C=O) groups is 2. The lowest BCUT2D eigenvalue weighted by Gasteiger charge is -2.14. The van der Waals surface area contributed by atoms with E-state index < -0.39 is 24.1 Å². The molecule has 0 aliphatic carbocycles. The molecule has 0 aliphatic heterocycles. The van der Waals surface area contributed by atoms with Gasteiger partial charge in [0.1, 0.15) is 12.7 Å². The molecule has 0 aromatic heterocycles. The number of benzene rings is 1. The maximum Gasteiger partial charge on any atom is 0.339 e. The molecule has 0 heterocycles. The normalized spacial score (nSPS) is 13.1. The summed E-state index contributed by atoms with van der Waals surface area (Å²) in [6.45, 7) is 2.34. The topological polar surface area (TPSA) is 112 Å². The summed E-state index contributed by atoms with van der Waals surface area (Å²) in [5.41, 5.74) is 0.448. The standard InChI is InChI=1S/C18H24Br2O8/c1-3-11(21)8-26-4-5-27-9-12(22)10-28-18(24)14-7-15(19)13(6-16(14)20)17(23)25-2/h6-7,11-12,21-22H,3-5,8-10H2,1-2H3. The Labute approximate surface area is 180 Å². The summed E-state index contributed by atoms with van der Waals surface area (Å²) in [5.74, 6) is -1.21. The molecule has 0 radical (unpaired) electrons. The second-order valence-electron chi connectivity index (χ2n) is 5.77. The lowest BCUT2D eigenvalue weighted by Crippen LogP contribution is -2.25. The molecule has 28 heavy (non-hydrogen) atoms. The molecule has 1 aromatic carbocycles. The Kier molecular flexibility index (Phi) is 11.8. The van der Waals surface area contributed by atoms with Crippen molar-refractivity contribution in [3.8, 4) is 0 Å². The predicted molar refractivity (Wildman–Crippen MR) is 107 cm³/mol. The maximum absolute atomic E-state index is 12.2. The second-order valence-corrected chi connectivity index (χ2v) is 7.48. The van der Waals surface area contributed by atoms with Crippen LogP contribution in [0.1, 0.15) is 34.1 Å². The molecule has 0 aliphatic rings. The van der Waals surface area contributed by atoms with E-state index in [9.17, 15) is 19.8 Å². The fourth-order valence-corrected chi connectivity index (χ4v) is 2.95. The Hall–Kier alpha value is -1.04. The number of hydrogen-bond donors (Lipinski definition) is 2. The van der Waals surface area contributed by atoms with E-state index in [1.54, 1.807) is 0 Å². The zero-order valence-corrected chi connectivity index (χ0v) is 18.8. The summed E-state index contributed by atoms with van der Waals surface area (Å²) in [4.78, 5) is 23.8. The first-order valence-electron chi connectivity index (χ1n) is 8.56. The minimum absolute atomic E-state index is 0.0287. The molecule has 0 saturated heterocycles. The molecular formula is C18H24Br2O8. The summed E-state index contributed by atoms with van der Waals surface area (Å²) in [5, 5.41) is 19.2. The minimum atomic E-state index is -0.998. The summed E-state index contributed by atoms with van der Waals surface area (Å²) in [6, 6.07) is 2.88. The first-order chi connectivity index (χ1) is 13.3. The zero-order valence-electron chi connectivity index (χ0n) is 15.7. The lowest BCUT2D eigenvalue weighted by atomic mass is 10.1. The highest BCUT2D eigenvalue weighted by molar-refractivity contribution is 9.11. The van der Waals surface area contributed by atoms with Crippen molar-refractivity contribution in [3.63, 3.8) is 0 Å². The van der Waals surface area contributed by atoms with E-state index in [0.29, 0.717) is 15.4 Å². The molecule has 0 spiro atoms. The predicted octanol–water partition coefficient (Wildman–Crippen LogP) is 2.32. The molecule has 1 aromatic rings. The number of esters is 2. The zero-order chi connectivity index (χ0) is 21.1. The van der Waals surface area contributed by atoms with Crippen molar-refractivity contribution in [1.29, 1.82) is 0 Å². The van der Waals surface area contributed by atoms with Gasteiger partial charge in [-0.2, -0.15) is 0 Å². The van der Waals surface area contributed by atoms with E-state index >= 15 is 0 Å². The third-order valence-corrected chi connectivity index (χ3v) is 4.86. The van der Waals surface area contributed by atoms with Crippen LogP contribution >= 0.6 is 31.9 Å². The Morgan fingerprint density at radius 1 is 0.929 bits per heavy atom. The van der Waals surface area contributed by atoms with Crippen molar-refractivity contribution >= 4 is 43.8 Å². The highest BCUT2D eigenvalue weighted by Crippen LogP contribution is 2.27. The van der Waals surface area contributed by atoms with Gasteiger partial charge in [-0.3, -0.25) is 0 Å². The monoisotopic (exact) mass is 526 g/mol. The van der Waals surface area contributed by atoms with E-state index in [2.05, 4.69) is 36.6 Å². The SMILES string of the molecule is CCC(O)COCCOCC(O)COC(=O)c1cc(Br)c(C(=O)OC)cc1Br. The molecular weight excluding hydrogens is 504 g/mol. The smallest absolute Gasteiger partial charge is 0.339 e. The first kappa shape index (κ1) is 25.0.